The third kappa shape index (κ3) is 4.16. The zero-order valence-corrected chi connectivity index (χ0v) is 14.9. The molecule has 1 aliphatic heterocycles. The first-order chi connectivity index (χ1) is 12.1. The SMILES string of the molecule is CC(C)Oc1cc(-c2cnc(NC(=O)[C@H]3CCCO3)s2)ccc1C#N. The van der Waals surface area contributed by atoms with E-state index in [4.69, 9.17) is 9.47 Å². The molecule has 0 radical (unpaired) electrons. The maximum absolute atomic E-state index is 12.1. The molecule has 0 saturated carbocycles. The Bertz CT molecular complexity index is 804. The molecular weight excluding hydrogens is 338 g/mol. The van der Waals surface area contributed by atoms with E-state index in [1.807, 2.05) is 26.0 Å². The zero-order valence-electron chi connectivity index (χ0n) is 14.1. The number of amides is 1. The molecule has 2 heterocycles. The zero-order chi connectivity index (χ0) is 17.8. The van der Waals surface area contributed by atoms with Gasteiger partial charge < -0.3 is 9.47 Å². The molecule has 2 aromatic rings. The number of carbonyl (C=O) groups excluding carboxylic acids is 1. The molecule has 1 amide bonds. The molecule has 1 aliphatic rings. The number of nitrogens with one attached hydrogen (secondary N) is 1. The van der Waals surface area contributed by atoms with E-state index in [2.05, 4.69) is 16.4 Å². The third-order valence-electron chi connectivity index (χ3n) is 3.71. The fourth-order valence-electron chi connectivity index (χ4n) is 2.56. The van der Waals surface area contributed by atoms with Gasteiger partial charge in [-0.25, -0.2) is 4.98 Å². The maximum atomic E-state index is 12.1. The molecule has 6 nitrogen and oxygen atoms in total. The number of thiazole rings is 1. The van der Waals surface area contributed by atoms with Crippen molar-refractivity contribution in [1.82, 2.24) is 4.98 Å². The van der Waals surface area contributed by atoms with Gasteiger partial charge in [-0.1, -0.05) is 17.4 Å². The Kier molecular flexibility index (Phi) is 5.31. The van der Waals surface area contributed by atoms with Crippen LogP contribution in [0.25, 0.3) is 10.4 Å². The van der Waals surface area contributed by atoms with Gasteiger partial charge in [0.2, 0.25) is 0 Å². The van der Waals surface area contributed by atoms with Gasteiger partial charge >= 0.3 is 0 Å². The minimum absolute atomic E-state index is 0.0231. The smallest absolute Gasteiger partial charge is 0.255 e. The standard InChI is InChI=1S/C18H19N3O3S/c1-11(2)24-15-8-12(5-6-13(15)9-19)16-10-20-18(25-16)21-17(22)14-4-3-7-23-14/h5-6,8,10-11,14H,3-4,7H2,1-2H3,(H,20,21,22)/t14-/m1/s1. The number of hydrogen-bond acceptors (Lipinski definition) is 6. The molecule has 1 aromatic carbocycles. The summed E-state index contributed by atoms with van der Waals surface area (Å²) in [6, 6.07) is 7.55. The van der Waals surface area contributed by atoms with Crippen molar-refractivity contribution in [2.75, 3.05) is 11.9 Å². The summed E-state index contributed by atoms with van der Waals surface area (Å²) in [5.74, 6) is 0.399. The highest BCUT2D eigenvalue weighted by Gasteiger charge is 2.24. The Hall–Kier alpha value is -2.43. The summed E-state index contributed by atoms with van der Waals surface area (Å²) < 4.78 is 11.1. The number of hydrogen-bond donors (Lipinski definition) is 1. The number of carbonyl (C=O) groups is 1. The topological polar surface area (TPSA) is 84.2 Å². The predicted molar refractivity (Wildman–Crippen MR) is 95.6 cm³/mol. The van der Waals surface area contributed by atoms with Crippen LogP contribution in [-0.4, -0.2) is 29.7 Å². The van der Waals surface area contributed by atoms with Crippen LogP contribution in [-0.2, 0) is 9.53 Å². The number of aromatic nitrogens is 1. The lowest BCUT2D eigenvalue weighted by Crippen LogP contribution is -2.26. The van der Waals surface area contributed by atoms with Crippen LogP contribution in [0.5, 0.6) is 5.75 Å². The number of rotatable bonds is 5. The second kappa shape index (κ2) is 7.64. The van der Waals surface area contributed by atoms with Crippen molar-refractivity contribution in [3.63, 3.8) is 0 Å². The lowest BCUT2D eigenvalue weighted by atomic mass is 10.1. The van der Waals surface area contributed by atoms with Gasteiger partial charge in [0.25, 0.3) is 5.91 Å². The van der Waals surface area contributed by atoms with Gasteiger partial charge in [-0.15, -0.1) is 0 Å². The normalized spacial score (nSPS) is 16.6. The Morgan fingerprint density at radius 2 is 2.36 bits per heavy atom. The molecule has 7 heteroatoms. The first kappa shape index (κ1) is 17.4. The Labute approximate surface area is 150 Å². The third-order valence-corrected chi connectivity index (χ3v) is 4.67. The number of nitrogens with zero attached hydrogens (tertiary/aromatic N) is 2. The van der Waals surface area contributed by atoms with Gasteiger partial charge in [-0.2, -0.15) is 5.26 Å². The van der Waals surface area contributed by atoms with Crippen LogP contribution in [0.2, 0.25) is 0 Å². The molecule has 3 rings (SSSR count). The summed E-state index contributed by atoms with van der Waals surface area (Å²) in [6.07, 6.45) is 2.95. The van der Waals surface area contributed by atoms with Crippen LogP contribution < -0.4 is 10.1 Å². The van der Waals surface area contributed by atoms with Crippen LogP contribution >= 0.6 is 11.3 Å². The van der Waals surface area contributed by atoms with Gasteiger partial charge in [-0.3, -0.25) is 10.1 Å². The summed E-state index contributed by atoms with van der Waals surface area (Å²) in [5.41, 5.74) is 1.39. The van der Waals surface area contributed by atoms with Gasteiger partial charge in [0, 0.05) is 12.8 Å². The van der Waals surface area contributed by atoms with E-state index in [0.717, 1.165) is 23.3 Å². The van der Waals surface area contributed by atoms with E-state index in [0.29, 0.717) is 23.1 Å². The number of nitriles is 1. The fourth-order valence-corrected chi connectivity index (χ4v) is 3.37. The first-order valence-corrected chi connectivity index (χ1v) is 8.98. The molecule has 0 aliphatic carbocycles. The number of ether oxygens (including phenoxy) is 2. The van der Waals surface area contributed by atoms with E-state index >= 15 is 0 Å². The molecule has 1 N–H and O–H groups in total. The second-order valence-electron chi connectivity index (χ2n) is 6.01. The van der Waals surface area contributed by atoms with Crippen LogP contribution in [0.3, 0.4) is 0 Å². The quantitative estimate of drug-likeness (QED) is 0.884. The van der Waals surface area contributed by atoms with Gasteiger partial charge in [0.1, 0.15) is 17.9 Å². The van der Waals surface area contributed by atoms with Crippen LogP contribution in [0.4, 0.5) is 5.13 Å². The van der Waals surface area contributed by atoms with E-state index in [1.165, 1.54) is 11.3 Å². The molecule has 0 bridgehead atoms. The molecular formula is C18H19N3O3S. The molecule has 25 heavy (non-hydrogen) atoms. The van der Waals surface area contributed by atoms with E-state index < -0.39 is 0 Å². The summed E-state index contributed by atoms with van der Waals surface area (Å²) in [7, 11) is 0. The van der Waals surface area contributed by atoms with Crippen molar-refractivity contribution in [2.45, 2.75) is 38.9 Å². The van der Waals surface area contributed by atoms with Crippen molar-refractivity contribution >= 4 is 22.4 Å². The fraction of sp³-hybridized carbons (Fsp3) is 0.389. The van der Waals surface area contributed by atoms with Crippen molar-refractivity contribution in [1.29, 1.82) is 5.26 Å². The summed E-state index contributed by atoms with van der Waals surface area (Å²) in [6.45, 7) is 4.46. The lowest BCUT2D eigenvalue weighted by Gasteiger charge is -2.12. The van der Waals surface area contributed by atoms with E-state index in [1.54, 1.807) is 12.3 Å². The van der Waals surface area contributed by atoms with Crippen molar-refractivity contribution in [3.8, 4) is 22.3 Å². The highest BCUT2D eigenvalue weighted by molar-refractivity contribution is 7.19. The highest BCUT2D eigenvalue weighted by Crippen LogP contribution is 2.33. The van der Waals surface area contributed by atoms with Crippen LogP contribution in [0.15, 0.2) is 24.4 Å². The molecule has 1 atom stereocenters. The first-order valence-electron chi connectivity index (χ1n) is 8.16. The summed E-state index contributed by atoms with van der Waals surface area (Å²) >= 11 is 1.38. The van der Waals surface area contributed by atoms with Crippen LogP contribution in [0, 0.1) is 11.3 Å². The average molecular weight is 357 g/mol. The predicted octanol–water partition coefficient (Wildman–Crippen LogP) is 3.59. The largest absolute Gasteiger partial charge is 0.490 e. The summed E-state index contributed by atoms with van der Waals surface area (Å²) in [4.78, 5) is 17.2. The summed E-state index contributed by atoms with van der Waals surface area (Å²) in [5, 5.41) is 12.5. The number of benzene rings is 1. The maximum Gasteiger partial charge on any atom is 0.255 e. The molecule has 1 aromatic heterocycles. The molecule has 0 spiro atoms. The Morgan fingerprint density at radius 3 is 3.04 bits per heavy atom. The van der Waals surface area contributed by atoms with Crippen molar-refractivity contribution < 1.29 is 14.3 Å². The van der Waals surface area contributed by atoms with Gasteiger partial charge in [0.15, 0.2) is 5.13 Å². The highest BCUT2D eigenvalue weighted by atomic mass is 32.1. The van der Waals surface area contributed by atoms with Gasteiger partial charge in [-0.05, 0) is 44.4 Å². The number of anilines is 1. The van der Waals surface area contributed by atoms with Crippen molar-refractivity contribution in [3.05, 3.63) is 30.0 Å². The van der Waals surface area contributed by atoms with E-state index in [-0.39, 0.29) is 18.1 Å². The minimum Gasteiger partial charge on any atom is -0.490 e. The average Bonchev–Trinajstić information content (AvgIpc) is 3.26. The van der Waals surface area contributed by atoms with Gasteiger partial charge in [0.05, 0.1) is 16.5 Å². The lowest BCUT2D eigenvalue weighted by molar-refractivity contribution is -0.124. The van der Waals surface area contributed by atoms with Crippen molar-refractivity contribution in [2.24, 2.45) is 0 Å². The molecule has 1 fully saturated rings. The molecule has 130 valence electrons. The second-order valence-corrected chi connectivity index (χ2v) is 7.04. The Balaban J connectivity index is 1.77. The molecule has 1 saturated heterocycles. The van der Waals surface area contributed by atoms with E-state index in [9.17, 15) is 10.1 Å². The minimum atomic E-state index is -0.381. The monoisotopic (exact) mass is 357 g/mol. The Morgan fingerprint density at radius 1 is 1.52 bits per heavy atom. The van der Waals surface area contributed by atoms with Crippen LogP contribution in [0.1, 0.15) is 32.3 Å². The molecule has 0 unspecified atom stereocenters.